The van der Waals surface area contributed by atoms with Crippen molar-refractivity contribution >= 4 is 7.82 Å². The molecule has 0 saturated heterocycles. The zero-order valence-corrected chi connectivity index (χ0v) is 18.3. The summed E-state index contributed by atoms with van der Waals surface area (Å²) in [6, 6.07) is 0. The van der Waals surface area contributed by atoms with Crippen molar-refractivity contribution in [3.05, 3.63) is 0 Å². The van der Waals surface area contributed by atoms with Gasteiger partial charge in [0.25, 0.3) is 0 Å². The van der Waals surface area contributed by atoms with Gasteiger partial charge in [0.1, 0.15) is 0 Å². The molecule has 0 aliphatic rings. The third-order valence-corrected chi connectivity index (χ3v) is 5.44. The predicted octanol–water partition coefficient (Wildman–Crippen LogP) is 7.61. The molecular weight excluding hydrogens is 534 g/mol. The number of phosphoric acid groups is 1. The Morgan fingerprint density at radius 2 is 1.03 bits per heavy atom. The van der Waals surface area contributed by atoms with Crippen molar-refractivity contribution in [3.8, 4) is 0 Å². The minimum absolute atomic E-state index is 0.181. The molecule has 4 nitrogen and oxygen atoms in total. The summed E-state index contributed by atoms with van der Waals surface area (Å²) in [6.07, 6.45) is -6.16. The summed E-state index contributed by atoms with van der Waals surface area (Å²) in [7, 11) is -5.20. The lowest BCUT2D eigenvalue weighted by molar-refractivity contribution is -0.440. The quantitative estimate of drug-likeness (QED) is 0.121. The van der Waals surface area contributed by atoms with Crippen LogP contribution in [0, 0.1) is 0 Å². The third-order valence-electron chi connectivity index (χ3n) is 4.42. The Labute approximate surface area is 185 Å². The highest BCUT2D eigenvalue weighted by molar-refractivity contribution is 7.47. The molecular formula is C16H22F13O4P. The maximum atomic E-state index is 13.6. The van der Waals surface area contributed by atoms with Crippen LogP contribution in [0.25, 0.3) is 0 Å². The smallest absolute Gasteiger partial charge is 0.302 e. The van der Waals surface area contributed by atoms with E-state index in [0.29, 0.717) is 12.8 Å². The van der Waals surface area contributed by atoms with E-state index in [0.717, 1.165) is 19.3 Å². The molecule has 0 rings (SSSR count). The molecule has 0 aliphatic heterocycles. The Morgan fingerprint density at radius 3 is 1.50 bits per heavy atom. The first-order chi connectivity index (χ1) is 15.0. The van der Waals surface area contributed by atoms with Crippen LogP contribution in [0.1, 0.15) is 51.9 Å². The van der Waals surface area contributed by atoms with Crippen LogP contribution < -0.4 is 0 Å². The average molecular weight is 556 g/mol. The van der Waals surface area contributed by atoms with Crippen molar-refractivity contribution in [3.63, 3.8) is 0 Å². The van der Waals surface area contributed by atoms with Crippen molar-refractivity contribution < 1.29 is 75.6 Å². The van der Waals surface area contributed by atoms with Crippen LogP contribution in [0.3, 0.4) is 0 Å². The summed E-state index contributed by atoms with van der Waals surface area (Å²) < 4.78 is 188. The van der Waals surface area contributed by atoms with Crippen LogP contribution in [-0.4, -0.2) is 53.9 Å². The number of hydrogen-bond donors (Lipinski definition) is 1. The number of hydrogen-bond acceptors (Lipinski definition) is 3. The normalized spacial score (nSPS) is 16.6. The van der Waals surface area contributed by atoms with Crippen LogP contribution in [-0.2, 0) is 13.6 Å². The number of rotatable bonds is 16. The maximum Gasteiger partial charge on any atom is 0.472 e. The molecule has 1 atom stereocenters. The van der Waals surface area contributed by atoms with Gasteiger partial charge in [0.2, 0.25) is 0 Å². The molecule has 0 spiro atoms. The van der Waals surface area contributed by atoms with E-state index in [2.05, 4.69) is 9.05 Å². The Hall–Kier alpha value is -0.800. The van der Waals surface area contributed by atoms with E-state index in [4.69, 9.17) is 0 Å². The fourth-order valence-corrected chi connectivity index (χ4v) is 3.10. The van der Waals surface area contributed by atoms with Gasteiger partial charge < -0.3 is 4.89 Å². The van der Waals surface area contributed by atoms with Crippen molar-refractivity contribution in [1.82, 2.24) is 0 Å². The van der Waals surface area contributed by atoms with Gasteiger partial charge in [-0.15, -0.1) is 0 Å². The van der Waals surface area contributed by atoms with E-state index in [9.17, 15) is 66.5 Å². The second-order valence-corrected chi connectivity index (χ2v) is 8.61. The minimum atomic E-state index is -8.00. The van der Waals surface area contributed by atoms with E-state index in [1.54, 1.807) is 0 Å². The molecule has 0 aromatic heterocycles. The van der Waals surface area contributed by atoms with E-state index in [1.165, 1.54) is 0 Å². The molecule has 0 aliphatic carbocycles. The van der Waals surface area contributed by atoms with Crippen LogP contribution in [0.5, 0.6) is 0 Å². The summed E-state index contributed by atoms with van der Waals surface area (Å²) >= 11 is 0. The van der Waals surface area contributed by atoms with Crippen LogP contribution in [0.15, 0.2) is 0 Å². The van der Waals surface area contributed by atoms with Crippen molar-refractivity contribution in [2.24, 2.45) is 0 Å². The lowest BCUT2D eigenvalue weighted by Crippen LogP contribution is -2.70. The first-order valence-corrected chi connectivity index (χ1v) is 11.1. The first-order valence-electron chi connectivity index (χ1n) is 9.59. The lowest BCUT2D eigenvalue weighted by atomic mass is 9.93. The Balaban J connectivity index is 5.17. The van der Waals surface area contributed by atoms with Gasteiger partial charge in [0, 0.05) is 6.42 Å². The zero-order chi connectivity index (χ0) is 27.3. The Kier molecular flexibility index (Phi) is 11.2. The maximum absolute atomic E-state index is 13.6. The molecule has 0 aromatic carbocycles. The van der Waals surface area contributed by atoms with Crippen LogP contribution in [0.2, 0.25) is 0 Å². The average Bonchev–Trinajstić information content (AvgIpc) is 2.65. The molecule has 0 bridgehead atoms. The summed E-state index contributed by atoms with van der Waals surface area (Å²) in [6.45, 7) is -0.542. The Bertz CT molecular complexity index is 682. The van der Waals surface area contributed by atoms with Crippen LogP contribution in [0.4, 0.5) is 57.1 Å². The van der Waals surface area contributed by atoms with Gasteiger partial charge in [-0.2, -0.15) is 57.1 Å². The van der Waals surface area contributed by atoms with Gasteiger partial charge in [0.05, 0.1) is 13.2 Å². The van der Waals surface area contributed by atoms with E-state index >= 15 is 0 Å². The van der Waals surface area contributed by atoms with Crippen LogP contribution >= 0.6 is 7.82 Å². The summed E-state index contributed by atoms with van der Waals surface area (Å²) in [4.78, 5) is 9.23. The third kappa shape index (κ3) is 7.36. The SMILES string of the molecule is CCCCCCCCOP(=O)(O)OCCC(F)(F)C(F)(F)C(F)(F)C(F)(F)C(F)(F)C(F)(F)F. The number of halogens is 13. The molecule has 0 radical (unpaired) electrons. The van der Waals surface area contributed by atoms with Gasteiger partial charge in [-0.3, -0.25) is 9.05 Å². The van der Waals surface area contributed by atoms with Gasteiger partial charge in [-0.25, -0.2) is 4.57 Å². The summed E-state index contributed by atoms with van der Waals surface area (Å²) in [5.41, 5.74) is 0. The van der Waals surface area contributed by atoms with Gasteiger partial charge in [0.15, 0.2) is 0 Å². The highest BCUT2D eigenvalue weighted by atomic mass is 31.2. The molecule has 0 amide bonds. The molecule has 0 aromatic rings. The van der Waals surface area contributed by atoms with E-state index in [1.807, 2.05) is 6.92 Å². The molecule has 1 unspecified atom stereocenters. The fraction of sp³-hybridized carbons (Fsp3) is 1.00. The second-order valence-electron chi connectivity index (χ2n) is 7.15. The molecule has 1 N–H and O–H groups in total. The highest BCUT2D eigenvalue weighted by Crippen LogP contribution is 2.60. The van der Waals surface area contributed by atoms with Crippen molar-refractivity contribution in [1.29, 1.82) is 0 Å². The van der Waals surface area contributed by atoms with E-state index in [-0.39, 0.29) is 6.42 Å². The molecule has 18 heteroatoms. The predicted molar refractivity (Wildman–Crippen MR) is 90.5 cm³/mol. The lowest BCUT2D eigenvalue weighted by Gasteiger charge is -2.39. The fourth-order valence-electron chi connectivity index (χ4n) is 2.35. The van der Waals surface area contributed by atoms with Gasteiger partial charge in [-0.05, 0) is 6.42 Å². The Morgan fingerprint density at radius 1 is 0.618 bits per heavy atom. The molecule has 0 heterocycles. The number of phosphoric ester groups is 1. The minimum Gasteiger partial charge on any atom is -0.302 e. The molecule has 206 valence electrons. The van der Waals surface area contributed by atoms with Gasteiger partial charge >= 0.3 is 43.6 Å². The molecule has 34 heavy (non-hydrogen) atoms. The monoisotopic (exact) mass is 556 g/mol. The zero-order valence-electron chi connectivity index (χ0n) is 17.4. The van der Waals surface area contributed by atoms with Crippen molar-refractivity contribution in [2.45, 2.75) is 87.7 Å². The van der Waals surface area contributed by atoms with E-state index < -0.39 is 63.2 Å². The largest absolute Gasteiger partial charge is 0.472 e. The van der Waals surface area contributed by atoms with Crippen molar-refractivity contribution in [2.75, 3.05) is 13.2 Å². The highest BCUT2D eigenvalue weighted by Gasteiger charge is 2.90. The number of alkyl halides is 13. The first kappa shape index (κ1) is 33.2. The topological polar surface area (TPSA) is 55.8 Å². The molecule has 0 fully saturated rings. The molecule has 0 saturated carbocycles. The standard InChI is InChI=1S/C16H22F13O4P/c1-2-3-4-5-6-7-9-32-34(30,31)33-10-8-11(17,18)12(19,20)13(21,22)14(23,24)15(25,26)16(27,28)29/h2-10H2,1H3,(H,30,31). The number of unbranched alkanes of at least 4 members (excludes halogenated alkanes) is 5. The summed E-state index contributed by atoms with van der Waals surface area (Å²) in [5.74, 6) is -37.6. The second kappa shape index (κ2) is 11.5. The summed E-state index contributed by atoms with van der Waals surface area (Å²) in [5, 5.41) is 0. The van der Waals surface area contributed by atoms with Gasteiger partial charge in [-0.1, -0.05) is 39.0 Å².